The first-order valence-electron chi connectivity index (χ1n) is 7.08. The van der Waals surface area contributed by atoms with Gasteiger partial charge in [-0.05, 0) is 32.3 Å². The van der Waals surface area contributed by atoms with Crippen LogP contribution < -0.4 is 0 Å². The van der Waals surface area contributed by atoms with Crippen LogP contribution in [0.3, 0.4) is 0 Å². The van der Waals surface area contributed by atoms with Crippen molar-refractivity contribution in [2.24, 2.45) is 0 Å². The zero-order chi connectivity index (χ0) is 15.4. The Labute approximate surface area is 143 Å². The maximum absolute atomic E-state index is 12.5. The number of nitrogens with zero attached hydrogens (tertiary/aromatic N) is 3. The summed E-state index contributed by atoms with van der Waals surface area (Å²) in [5.74, 6) is 0.115. The molecule has 1 aromatic rings. The van der Waals surface area contributed by atoms with Gasteiger partial charge in [-0.3, -0.25) is 9.69 Å². The average molecular weight is 419 g/mol. The van der Waals surface area contributed by atoms with Crippen LogP contribution in [-0.4, -0.2) is 74.0 Å². The van der Waals surface area contributed by atoms with E-state index in [0.717, 1.165) is 53.8 Å². The number of rotatable bonds is 4. The molecule has 21 heavy (non-hydrogen) atoms. The van der Waals surface area contributed by atoms with E-state index >= 15 is 0 Å². The second-order valence-electron chi connectivity index (χ2n) is 5.60. The van der Waals surface area contributed by atoms with Gasteiger partial charge in [-0.15, -0.1) is 0 Å². The fourth-order valence-corrected chi connectivity index (χ4v) is 3.67. The van der Waals surface area contributed by atoms with Crippen LogP contribution in [0.5, 0.6) is 0 Å². The molecule has 6 heteroatoms. The van der Waals surface area contributed by atoms with Crippen molar-refractivity contribution in [1.29, 1.82) is 0 Å². The average Bonchev–Trinajstić information content (AvgIpc) is 2.44. The number of benzene rings is 1. The normalized spacial score (nSPS) is 16.5. The molecule has 116 valence electrons. The van der Waals surface area contributed by atoms with Crippen LogP contribution in [0, 0.1) is 0 Å². The van der Waals surface area contributed by atoms with Gasteiger partial charge in [0.2, 0.25) is 0 Å². The van der Waals surface area contributed by atoms with E-state index in [2.05, 4.69) is 55.8 Å². The summed E-state index contributed by atoms with van der Waals surface area (Å²) in [5.41, 5.74) is 0.734. The molecule has 0 spiro atoms. The molecule has 1 saturated heterocycles. The van der Waals surface area contributed by atoms with Gasteiger partial charge >= 0.3 is 0 Å². The van der Waals surface area contributed by atoms with Crippen molar-refractivity contribution in [3.05, 3.63) is 32.7 Å². The fraction of sp³-hybridized carbons (Fsp3) is 0.533. The Kier molecular flexibility index (Phi) is 6.22. The standard InChI is InChI=1S/C15H21Br2N3O/c1-18(2)3-4-19-5-7-20(8-6-19)15(21)12-9-13(16)11-14(17)10-12/h9-11H,3-8H2,1-2H3. The number of piperazine rings is 1. The van der Waals surface area contributed by atoms with Gasteiger partial charge < -0.3 is 9.80 Å². The van der Waals surface area contributed by atoms with E-state index in [0.29, 0.717) is 0 Å². The number of halogens is 2. The minimum absolute atomic E-state index is 0.115. The highest BCUT2D eigenvalue weighted by molar-refractivity contribution is 9.11. The summed E-state index contributed by atoms with van der Waals surface area (Å²) in [7, 11) is 4.18. The largest absolute Gasteiger partial charge is 0.336 e. The maximum Gasteiger partial charge on any atom is 0.254 e. The zero-order valence-electron chi connectivity index (χ0n) is 12.5. The zero-order valence-corrected chi connectivity index (χ0v) is 15.7. The van der Waals surface area contributed by atoms with Crippen molar-refractivity contribution in [3.63, 3.8) is 0 Å². The van der Waals surface area contributed by atoms with Crippen LogP contribution >= 0.6 is 31.9 Å². The Morgan fingerprint density at radius 1 is 1.10 bits per heavy atom. The smallest absolute Gasteiger partial charge is 0.254 e. The van der Waals surface area contributed by atoms with Gasteiger partial charge in [-0.1, -0.05) is 31.9 Å². The molecule has 1 heterocycles. The number of amides is 1. The number of hydrogen-bond acceptors (Lipinski definition) is 3. The van der Waals surface area contributed by atoms with E-state index in [4.69, 9.17) is 0 Å². The lowest BCUT2D eigenvalue weighted by Gasteiger charge is -2.35. The molecule has 2 rings (SSSR count). The lowest BCUT2D eigenvalue weighted by molar-refractivity contribution is 0.0629. The molecule has 0 radical (unpaired) electrons. The summed E-state index contributed by atoms with van der Waals surface area (Å²) >= 11 is 6.87. The molecule has 1 aliphatic heterocycles. The molecular formula is C15H21Br2N3O. The first-order valence-corrected chi connectivity index (χ1v) is 8.67. The highest BCUT2D eigenvalue weighted by Crippen LogP contribution is 2.21. The third-order valence-corrected chi connectivity index (χ3v) is 4.55. The molecule has 0 N–H and O–H groups in total. The molecule has 4 nitrogen and oxygen atoms in total. The fourth-order valence-electron chi connectivity index (χ4n) is 2.38. The van der Waals surface area contributed by atoms with E-state index in [-0.39, 0.29) is 5.91 Å². The third kappa shape index (κ3) is 5.06. The van der Waals surface area contributed by atoms with Crippen LogP contribution in [0.4, 0.5) is 0 Å². The van der Waals surface area contributed by atoms with Crippen molar-refractivity contribution >= 4 is 37.8 Å². The predicted octanol–water partition coefficient (Wildman–Crippen LogP) is 2.53. The summed E-state index contributed by atoms with van der Waals surface area (Å²) in [6.45, 7) is 5.64. The number of hydrogen-bond donors (Lipinski definition) is 0. The van der Waals surface area contributed by atoms with Crippen molar-refractivity contribution in [2.45, 2.75) is 0 Å². The van der Waals surface area contributed by atoms with E-state index in [1.54, 1.807) is 0 Å². The molecule has 0 aliphatic carbocycles. The van der Waals surface area contributed by atoms with Crippen LogP contribution in [-0.2, 0) is 0 Å². The van der Waals surface area contributed by atoms with E-state index < -0.39 is 0 Å². The Bertz CT molecular complexity index is 479. The molecular weight excluding hydrogens is 398 g/mol. The van der Waals surface area contributed by atoms with Gasteiger partial charge in [-0.25, -0.2) is 0 Å². The van der Waals surface area contributed by atoms with Gasteiger partial charge in [0.1, 0.15) is 0 Å². The van der Waals surface area contributed by atoms with Gasteiger partial charge in [0.25, 0.3) is 5.91 Å². The Morgan fingerprint density at radius 2 is 1.67 bits per heavy atom. The van der Waals surface area contributed by atoms with Gasteiger partial charge in [0.05, 0.1) is 0 Å². The maximum atomic E-state index is 12.5. The Hall–Kier alpha value is -0.430. The lowest BCUT2D eigenvalue weighted by Crippen LogP contribution is -2.50. The molecule has 1 amide bonds. The monoisotopic (exact) mass is 417 g/mol. The van der Waals surface area contributed by atoms with Crippen molar-refractivity contribution < 1.29 is 4.79 Å². The summed E-state index contributed by atoms with van der Waals surface area (Å²) < 4.78 is 1.84. The van der Waals surface area contributed by atoms with E-state index in [9.17, 15) is 4.79 Å². The van der Waals surface area contributed by atoms with E-state index in [1.807, 2.05) is 23.1 Å². The Balaban J connectivity index is 1.91. The third-order valence-electron chi connectivity index (χ3n) is 3.63. The molecule has 0 unspecified atom stereocenters. The van der Waals surface area contributed by atoms with Crippen LogP contribution in [0.2, 0.25) is 0 Å². The Morgan fingerprint density at radius 3 is 2.19 bits per heavy atom. The van der Waals surface area contributed by atoms with Gasteiger partial charge in [0, 0.05) is 53.8 Å². The SMILES string of the molecule is CN(C)CCN1CCN(C(=O)c2cc(Br)cc(Br)c2)CC1. The first-order chi connectivity index (χ1) is 9.95. The quantitative estimate of drug-likeness (QED) is 0.751. The lowest BCUT2D eigenvalue weighted by atomic mass is 10.2. The van der Waals surface area contributed by atoms with Crippen LogP contribution in [0.1, 0.15) is 10.4 Å². The minimum Gasteiger partial charge on any atom is -0.336 e. The molecule has 0 saturated carbocycles. The molecule has 1 aromatic carbocycles. The van der Waals surface area contributed by atoms with Crippen molar-refractivity contribution in [1.82, 2.24) is 14.7 Å². The minimum atomic E-state index is 0.115. The highest BCUT2D eigenvalue weighted by atomic mass is 79.9. The molecule has 1 aliphatic rings. The second kappa shape index (κ2) is 7.72. The predicted molar refractivity (Wildman–Crippen MR) is 92.7 cm³/mol. The molecule has 1 fully saturated rings. The highest BCUT2D eigenvalue weighted by Gasteiger charge is 2.22. The number of likely N-dealkylation sites (N-methyl/N-ethyl adjacent to an activating group) is 1. The van der Waals surface area contributed by atoms with Crippen LogP contribution in [0.15, 0.2) is 27.1 Å². The van der Waals surface area contributed by atoms with Gasteiger partial charge in [0.15, 0.2) is 0 Å². The van der Waals surface area contributed by atoms with E-state index in [1.165, 1.54) is 0 Å². The van der Waals surface area contributed by atoms with Crippen molar-refractivity contribution in [2.75, 3.05) is 53.4 Å². The second-order valence-corrected chi connectivity index (χ2v) is 7.43. The summed E-state index contributed by atoms with van der Waals surface area (Å²) in [4.78, 5) is 19.1. The van der Waals surface area contributed by atoms with Gasteiger partial charge in [-0.2, -0.15) is 0 Å². The van der Waals surface area contributed by atoms with Crippen molar-refractivity contribution in [3.8, 4) is 0 Å². The number of carbonyl (C=O) groups excluding carboxylic acids is 1. The first kappa shape index (κ1) is 16.9. The topological polar surface area (TPSA) is 26.8 Å². The van der Waals surface area contributed by atoms with Crippen LogP contribution in [0.25, 0.3) is 0 Å². The summed E-state index contributed by atoms with van der Waals surface area (Å²) in [6, 6.07) is 5.70. The summed E-state index contributed by atoms with van der Waals surface area (Å²) in [6.07, 6.45) is 0. The molecule has 0 atom stereocenters. The number of carbonyl (C=O) groups is 1. The summed E-state index contributed by atoms with van der Waals surface area (Å²) in [5, 5.41) is 0. The molecule has 0 bridgehead atoms. The molecule has 0 aromatic heterocycles.